The molecule has 5 rings (SSSR count). The van der Waals surface area contributed by atoms with Crippen molar-refractivity contribution in [2.45, 2.75) is 51.5 Å². The Kier molecular flexibility index (Phi) is 16.2. The maximum absolute atomic E-state index is 13.4. The Morgan fingerprint density at radius 2 is 0.903 bits per heavy atom. The van der Waals surface area contributed by atoms with Crippen molar-refractivity contribution in [2.75, 3.05) is 21.3 Å². The lowest BCUT2D eigenvalue weighted by Gasteiger charge is -2.17. The number of hydrogen-bond acceptors (Lipinski definition) is 10. The second-order valence-corrected chi connectivity index (χ2v) is 15.2. The molecule has 0 aliphatic heterocycles. The lowest BCUT2D eigenvalue weighted by atomic mass is 10.1. The van der Waals surface area contributed by atoms with E-state index in [1.54, 1.807) is 74.5 Å². The first-order chi connectivity index (χ1) is 29.6. The highest BCUT2D eigenvalue weighted by Gasteiger charge is 2.26. The summed E-state index contributed by atoms with van der Waals surface area (Å²) in [6, 6.07) is 22.5. The number of amides is 4. The fourth-order valence-electron chi connectivity index (χ4n) is 5.73. The van der Waals surface area contributed by atoms with Crippen LogP contribution in [0.3, 0.4) is 0 Å². The number of nitrogens with zero attached hydrogens (tertiary/aromatic N) is 4. The van der Waals surface area contributed by atoms with Gasteiger partial charge in [-0.05, 0) is 123 Å². The van der Waals surface area contributed by atoms with Crippen LogP contribution in [0.2, 0.25) is 10.0 Å². The maximum atomic E-state index is 13.4. The molecule has 0 aromatic heterocycles. The van der Waals surface area contributed by atoms with Crippen LogP contribution in [0.1, 0.15) is 56.8 Å². The SMILES string of the molecule is CC(=O)C(N=Nc1cc(C(=O)Nc2ccc(CCl)cc2)ccc1Cl)C(=O)Nc1cc(C)c(NC(=O)C(N=Nc2cc(C(=O)Nc3ccc(CCl)cc3)ccc2Cl)C(C)=O)c(C)c1. The summed E-state index contributed by atoms with van der Waals surface area (Å²) < 4.78 is 0. The van der Waals surface area contributed by atoms with Crippen LogP contribution in [0.15, 0.2) is 118 Å². The van der Waals surface area contributed by atoms with Gasteiger partial charge in [-0.2, -0.15) is 20.5 Å². The van der Waals surface area contributed by atoms with Gasteiger partial charge in [-0.25, -0.2) is 0 Å². The van der Waals surface area contributed by atoms with Crippen molar-refractivity contribution in [1.82, 2.24) is 0 Å². The molecule has 0 bridgehead atoms. The van der Waals surface area contributed by atoms with Gasteiger partial charge in [0.15, 0.2) is 11.6 Å². The third-order valence-electron chi connectivity index (χ3n) is 9.03. The van der Waals surface area contributed by atoms with Gasteiger partial charge in [-0.1, -0.05) is 47.5 Å². The Labute approximate surface area is 376 Å². The predicted molar refractivity (Wildman–Crippen MR) is 242 cm³/mol. The number of azo groups is 2. The van der Waals surface area contributed by atoms with E-state index >= 15 is 0 Å². The number of carbonyl (C=O) groups excluding carboxylic acids is 6. The number of ketones is 2. The molecular formula is C44H38Cl4N8O6. The summed E-state index contributed by atoms with van der Waals surface area (Å²) in [6.07, 6.45) is 0. The third kappa shape index (κ3) is 12.4. The average Bonchev–Trinajstić information content (AvgIpc) is 3.23. The minimum atomic E-state index is -1.58. The van der Waals surface area contributed by atoms with Crippen molar-refractivity contribution in [3.8, 4) is 0 Å². The fraction of sp³-hybridized carbons (Fsp3) is 0.182. The van der Waals surface area contributed by atoms with E-state index in [0.29, 0.717) is 39.9 Å². The Balaban J connectivity index is 1.25. The first-order valence-corrected chi connectivity index (χ1v) is 20.5. The Hall–Kier alpha value is -6.32. The highest BCUT2D eigenvalue weighted by atomic mass is 35.5. The van der Waals surface area contributed by atoms with Crippen LogP contribution in [0.5, 0.6) is 0 Å². The zero-order chi connectivity index (χ0) is 45.1. The van der Waals surface area contributed by atoms with E-state index in [0.717, 1.165) is 11.1 Å². The molecule has 318 valence electrons. The molecule has 5 aromatic carbocycles. The largest absolute Gasteiger partial charge is 0.324 e. The highest BCUT2D eigenvalue weighted by Crippen LogP contribution is 2.30. The quantitative estimate of drug-likeness (QED) is 0.0431. The van der Waals surface area contributed by atoms with Crippen LogP contribution in [0, 0.1) is 13.8 Å². The van der Waals surface area contributed by atoms with Gasteiger partial charge in [0.2, 0.25) is 12.1 Å². The van der Waals surface area contributed by atoms with Crippen LogP contribution in [0.4, 0.5) is 34.1 Å². The Bertz CT molecular complexity index is 2580. The number of anilines is 4. The highest BCUT2D eigenvalue weighted by molar-refractivity contribution is 6.33. The van der Waals surface area contributed by atoms with Gasteiger partial charge in [-0.3, -0.25) is 28.8 Å². The molecule has 0 heterocycles. The maximum Gasteiger partial charge on any atom is 0.258 e. The number of nitrogens with one attached hydrogen (secondary N) is 4. The lowest BCUT2D eigenvalue weighted by Crippen LogP contribution is -2.33. The van der Waals surface area contributed by atoms with E-state index in [1.165, 1.54) is 50.2 Å². The van der Waals surface area contributed by atoms with Crippen molar-refractivity contribution in [3.05, 3.63) is 140 Å². The molecule has 0 aliphatic rings. The first-order valence-electron chi connectivity index (χ1n) is 18.6. The molecule has 0 saturated heterocycles. The van der Waals surface area contributed by atoms with Gasteiger partial charge in [0.1, 0.15) is 11.4 Å². The van der Waals surface area contributed by atoms with Crippen molar-refractivity contribution in [1.29, 1.82) is 0 Å². The lowest BCUT2D eigenvalue weighted by molar-refractivity contribution is -0.127. The molecule has 4 N–H and O–H groups in total. The summed E-state index contributed by atoms with van der Waals surface area (Å²) in [5, 5.41) is 27.2. The van der Waals surface area contributed by atoms with Crippen LogP contribution in [-0.2, 0) is 30.9 Å². The average molecular weight is 917 g/mol. The second-order valence-electron chi connectivity index (χ2n) is 13.8. The summed E-state index contributed by atoms with van der Waals surface area (Å²) in [6.45, 7) is 5.67. The normalized spacial score (nSPS) is 12.1. The molecule has 5 aromatic rings. The van der Waals surface area contributed by atoms with Crippen molar-refractivity contribution < 1.29 is 28.8 Å². The summed E-state index contributed by atoms with van der Waals surface area (Å²) in [7, 11) is 0. The number of carbonyl (C=O) groups is 6. The first kappa shape index (κ1) is 46.7. The molecule has 62 heavy (non-hydrogen) atoms. The van der Waals surface area contributed by atoms with E-state index in [1.807, 2.05) is 0 Å². The third-order valence-corrected chi connectivity index (χ3v) is 10.3. The minimum Gasteiger partial charge on any atom is -0.324 e. The number of benzene rings is 5. The molecule has 18 heteroatoms. The number of rotatable bonds is 16. The monoisotopic (exact) mass is 914 g/mol. The van der Waals surface area contributed by atoms with Gasteiger partial charge >= 0.3 is 0 Å². The smallest absolute Gasteiger partial charge is 0.258 e. The van der Waals surface area contributed by atoms with Crippen molar-refractivity contribution >= 4 is 116 Å². The number of halogens is 4. The van der Waals surface area contributed by atoms with Crippen molar-refractivity contribution in [2.24, 2.45) is 20.5 Å². The van der Waals surface area contributed by atoms with E-state index in [-0.39, 0.29) is 38.2 Å². The van der Waals surface area contributed by atoms with Gasteiger partial charge in [-0.15, -0.1) is 23.2 Å². The molecule has 0 aliphatic carbocycles. The van der Waals surface area contributed by atoms with Gasteiger partial charge in [0, 0.05) is 45.6 Å². The molecule has 2 unspecified atom stereocenters. The van der Waals surface area contributed by atoms with Gasteiger partial charge in [0.05, 0.1) is 10.0 Å². The number of hydrogen-bond donors (Lipinski definition) is 4. The molecular weight excluding hydrogens is 878 g/mol. The summed E-state index contributed by atoms with van der Waals surface area (Å²) in [4.78, 5) is 77.9. The van der Waals surface area contributed by atoms with Crippen LogP contribution in [0.25, 0.3) is 0 Å². The summed E-state index contributed by atoms with van der Waals surface area (Å²) in [5.41, 5.74) is 4.94. The Morgan fingerprint density at radius 3 is 1.27 bits per heavy atom. The molecule has 0 radical (unpaired) electrons. The fourth-order valence-corrected chi connectivity index (χ4v) is 6.40. The van der Waals surface area contributed by atoms with E-state index < -0.39 is 47.3 Å². The van der Waals surface area contributed by atoms with E-state index in [9.17, 15) is 28.8 Å². The topological polar surface area (TPSA) is 200 Å². The number of aryl methyl sites for hydroxylation is 2. The molecule has 0 saturated carbocycles. The van der Waals surface area contributed by atoms with Gasteiger partial charge in [0.25, 0.3) is 23.6 Å². The van der Waals surface area contributed by atoms with Crippen LogP contribution < -0.4 is 21.3 Å². The summed E-state index contributed by atoms with van der Waals surface area (Å²) >= 11 is 24.3. The van der Waals surface area contributed by atoms with Crippen LogP contribution >= 0.6 is 46.4 Å². The summed E-state index contributed by atoms with van der Waals surface area (Å²) in [5.74, 6) is -3.09. The predicted octanol–water partition coefficient (Wildman–Crippen LogP) is 11.0. The Morgan fingerprint density at radius 1 is 0.516 bits per heavy atom. The molecule has 14 nitrogen and oxygen atoms in total. The standard InChI is InChI=1S/C44H38Cl4N8O6/c1-23-17-33(51-43(61)39(25(3)57)55-53-36-19-29(9-15-34(36)47)41(59)49-31-11-5-27(21-45)6-12-31)18-24(2)38(23)52-44(62)40(26(4)58)56-54-37-20-30(10-16-35(37)48)42(60)50-32-13-7-28(22-46)8-14-32/h5-20,39-40H,21-22H2,1-4H3,(H,49,59)(H,50,60)(H,51,61)(H,52,62). The minimum absolute atomic E-state index is 0.0518. The van der Waals surface area contributed by atoms with Crippen molar-refractivity contribution in [3.63, 3.8) is 0 Å². The van der Waals surface area contributed by atoms with E-state index in [4.69, 9.17) is 46.4 Å². The zero-order valence-corrected chi connectivity index (χ0v) is 36.6. The molecule has 4 amide bonds. The molecule has 0 fully saturated rings. The second kappa shape index (κ2) is 21.5. The van der Waals surface area contributed by atoms with Crippen LogP contribution in [-0.4, -0.2) is 47.3 Å². The number of alkyl halides is 2. The van der Waals surface area contributed by atoms with E-state index in [2.05, 4.69) is 41.7 Å². The zero-order valence-electron chi connectivity index (χ0n) is 33.6. The molecule has 2 atom stereocenters. The number of Topliss-reactive ketones (excluding diaryl/α,β-unsaturated/α-hetero) is 2. The van der Waals surface area contributed by atoms with Gasteiger partial charge < -0.3 is 21.3 Å². The molecule has 0 spiro atoms.